The Morgan fingerprint density at radius 2 is 2.05 bits per heavy atom. The fourth-order valence-electron chi connectivity index (χ4n) is 2.46. The minimum Gasteiger partial charge on any atom is -0.463 e. The molecule has 1 atom stereocenters. The first-order valence-electron chi connectivity index (χ1n) is 7.30. The summed E-state index contributed by atoms with van der Waals surface area (Å²) >= 11 is 3.48. The van der Waals surface area contributed by atoms with E-state index in [0.29, 0.717) is 24.3 Å². The molecule has 0 fully saturated rings. The molecule has 22 heavy (non-hydrogen) atoms. The summed E-state index contributed by atoms with van der Waals surface area (Å²) in [6.07, 6.45) is 1.43. The molecule has 1 aliphatic rings. The normalized spacial score (nSPS) is 17.8. The van der Waals surface area contributed by atoms with E-state index in [1.165, 1.54) is 0 Å². The van der Waals surface area contributed by atoms with Gasteiger partial charge in [-0.1, -0.05) is 47.5 Å². The van der Waals surface area contributed by atoms with Gasteiger partial charge in [-0.15, -0.1) is 0 Å². The number of amides is 2. The van der Waals surface area contributed by atoms with Crippen LogP contribution in [0, 0.1) is 0 Å². The number of carbonyl (C=O) groups is 2. The minimum atomic E-state index is -0.523. The van der Waals surface area contributed by atoms with Crippen molar-refractivity contribution in [2.45, 2.75) is 32.7 Å². The average molecular weight is 367 g/mol. The van der Waals surface area contributed by atoms with Gasteiger partial charge in [0.25, 0.3) is 0 Å². The third-order valence-corrected chi connectivity index (χ3v) is 4.09. The van der Waals surface area contributed by atoms with Gasteiger partial charge in [-0.05, 0) is 25.0 Å². The molecule has 0 saturated heterocycles. The second-order valence-electron chi connectivity index (χ2n) is 4.92. The number of benzene rings is 1. The molecule has 2 amide bonds. The lowest BCUT2D eigenvalue weighted by molar-refractivity contribution is -0.139. The number of rotatable bonds is 5. The Morgan fingerprint density at radius 3 is 2.68 bits per heavy atom. The van der Waals surface area contributed by atoms with E-state index in [1.54, 1.807) is 6.92 Å². The summed E-state index contributed by atoms with van der Waals surface area (Å²) in [6, 6.07) is 6.69. The summed E-state index contributed by atoms with van der Waals surface area (Å²) < 4.78 is 6.01. The van der Waals surface area contributed by atoms with Gasteiger partial charge in [-0.2, -0.15) is 0 Å². The zero-order chi connectivity index (χ0) is 16.1. The highest BCUT2D eigenvalue weighted by Gasteiger charge is 2.34. The maximum Gasteiger partial charge on any atom is 0.338 e. The van der Waals surface area contributed by atoms with Crippen molar-refractivity contribution in [2.24, 2.45) is 0 Å². The van der Waals surface area contributed by atoms with Gasteiger partial charge in [0.1, 0.15) is 0 Å². The molecule has 0 spiro atoms. The van der Waals surface area contributed by atoms with Crippen LogP contribution in [0.25, 0.3) is 0 Å². The van der Waals surface area contributed by atoms with Crippen molar-refractivity contribution in [1.82, 2.24) is 10.6 Å². The standard InChI is InChI=1S/C16H19BrN2O3/c1-3-7-12-13(15(20)22-4-2)14(19-16(21)18-12)10-8-5-6-9-11(10)17/h5-6,8-9,14H,3-4,7H2,1-2H3,(H2,18,19,21). The molecule has 6 heteroatoms. The molecule has 0 radical (unpaired) electrons. The van der Waals surface area contributed by atoms with Crippen LogP contribution in [-0.4, -0.2) is 18.6 Å². The van der Waals surface area contributed by atoms with Crippen LogP contribution in [0.2, 0.25) is 0 Å². The van der Waals surface area contributed by atoms with Gasteiger partial charge >= 0.3 is 12.0 Å². The number of esters is 1. The van der Waals surface area contributed by atoms with Gasteiger partial charge in [-0.25, -0.2) is 9.59 Å². The van der Waals surface area contributed by atoms with E-state index in [4.69, 9.17) is 4.74 Å². The van der Waals surface area contributed by atoms with E-state index in [-0.39, 0.29) is 6.03 Å². The fourth-order valence-corrected chi connectivity index (χ4v) is 2.97. The van der Waals surface area contributed by atoms with Gasteiger partial charge in [0.05, 0.1) is 18.2 Å². The van der Waals surface area contributed by atoms with Crippen molar-refractivity contribution in [1.29, 1.82) is 0 Å². The van der Waals surface area contributed by atoms with E-state index >= 15 is 0 Å². The first-order valence-corrected chi connectivity index (χ1v) is 8.09. The molecule has 1 aromatic rings. The Hall–Kier alpha value is -1.82. The Morgan fingerprint density at radius 1 is 1.32 bits per heavy atom. The molecule has 0 saturated carbocycles. The molecule has 1 aliphatic heterocycles. The number of ether oxygens (including phenoxy) is 1. The number of allylic oxidation sites excluding steroid dienone is 1. The Balaban J connectivity index is 2.52. The smallest absolute Gasteiger partial charge is 0.338 e. The summed E-state index contributed by atoms with van der Waals surface area (Å²) in [5.74, 6) is -0.404. The van der Waals surface area contributed by atoms with E-state index in [1.807, 2.05) is 31.2 Å². The highest BCUT2D eigenvalue weighted by molar-refractivity contribution is 9.10. The molecule has 2 N–H and O–H groups in total. The third kappa shape index (κ3) is 3.50. The maximum atomic E-state index is 12.4. The largest absolute Gasteiger partial charge is 0.463 e. The van der Waals surface area contributed by atoms with Gasteiger partial charge in [-0.3, -0.25) is 0 Å². The maximum absolute atomic E-state index is 12.4. The number of hydrogen-bond acceptors (Lipinski definition) is 3. The topological polar surface area (TPSA) is 67.4 Å². The summed E-state index contributed by atoms with van der Waals surface area (Å²) in [6.45, 7) is 4.05. The van der Waals surface area contributed by atoms with E-state index in [2.05, 4.69) is 26.6 Å². The molecule has 1 aromatic carbocycles. The van der Waals surface area contributed by atoms with Crippen LogP contribution in [-0.2, 0) is 9.53 Å². The number of urea groups is 1. The van der Waals surface area contributed by atoms with Crippen LogP contribution in [0.4, 0.5) is 4.79 Å². The predicted molar refractivity (Wildman–Crippen MR) is 87.1 cm³/mol. The molecular weight excluding hydrogens is 348 g/mol. The minimum absolute atomic E-state index is 0.290. The van der Waals surface area contributed by atoms with E-state index in [9.17, 15) is 9.59 Å². The zero-order valence-electron chi connectivity index (χ0n) is 12.6. The Kier molecular flexibility index (Phi) is 5.60. The number of halogens is 1. The second-order valence-corrected chi connectivity index (χ2v) is 5.77. The van der Waals surface area contributed by atoms with Crippen molar-refractivity contribution in [3.63, 3.8) is 0 Å². The monoisotopic (exact) mass is 366 g/mol. The molecule has 0 aliphatic carbocycles. The first kappa shape index (κ1) is 16.5. The molecule has 118 valence electrons. The van der Waals surface area contributed by atoms with Gasteiger partial charge in [0.15, 0.2) is 0 Å². The predicted octanol–water partition coefficient (Wildman–Crippen LogP) is 3.42. The Labute approximate surface area is 138 Å². The van der Waals surface area contributed by atoms with Crippen molar-refractivity contribution in [3.8, 4) is 0 Å². The van der Waals surface area contributed by atoms with Gasteiger partial charge in [0.2, 0.25) is 0 Å². The molecule has 1 unspecified atom stereocenters. The summed E-state index contributed by atoms with van der Waals surface area (Å²) in [4.78, 5) is 24.3. The molecular formula is C16H19BrN2O3. The number of hydrogen-bond donors (Lipinski definition) is 2. The molecule has 1 heterocycles. The van der Waals surface area contributed by atoms with Crippen molar-refractivity contribution in [3.05, 3.63) is 45.6 Å². The quantitative estimate of drug-likeness (QED) is 0.784. The van der Waals surface area contributed by atoms with Crippen molar-refractivity contribution in [2.75, 3.05) is 6.61 Å². The van der Waals surface area contributed by atoms with Crippen molar-refractivity contribution >= 4 is 27.9 Å². The second kappa shape index (κ2) is 7.45. The molecule has 5 nitrogen and oxygen atoms in total. The fraction of sp³-hybridized carbons (Fsp3) is 0.375. The van der Waals surface area contributed by atoms with Crippen LogP contribution < -0.4 is 10.6 Å². The number of nitrogens with one attached hydrogen (secondary N) is 2. The molecule has 0 bridgehead atoms. The first-order chi connectivity index (χ1) is 10.6. The molecule has 0 aromatic heterocycles. The zero-order valence-corrected chi connectivity index (χ0v) is 14.2. The summed E-state index contributed by atoms with van der Waals surface area (Å²) in [5, 5.41) is 5.55. The van der Waals surface area contributed by atoms with Crippen LogP contribution in [0.5, 0.6) is 0 Å². The SMILES string of the molecule is CCCC1=C(C(=O)OCC)C(c2ccccc2Br)NC(=O)N1. The lowest BCUT2D eigenvalue weighted by Gasteiger charge is -2.29. The lowest BCUT2D eigenvalue weighted by atomic mass is 9.94. The summed E-state index contributed by atoms with van der Waals surface area (Å²) in [7, 11) is 0. The lowest BCUT2D eigenvalue weighted by Crippen LogP contribution is -2.46. The van der Waals surface area contributed by atoms with E-state index in [0.717, 1.165) is 16.5 Å². The third-order valence-electron chi connectivity index (χ3n) is 3.37. The number of carbonyl (C=O) groups excluding carboxylic acids is 2. The highest BCUT2D eigenvalue weighted by atomic mass is 79.9. The van der Waals surface area contributed by atoms with Crippen LogP contribution in [0.3, 0.4) is 0 Å². The highest BCUT2D eigenvalue weighted by Crippen LogP contribution is 2.33. The average Bonchev–Trinajstić information content (AvgIpc) is 2.47. The Bertz CT molecular complexity index is 613. The van der Waals surface area contributed by atoms with Crippen LogP contribution in [0.1, 0.15) is 38.3 Å². The van der Waals surface area contributed by atoms with Crippen LogP contribution >= 0.6 is 15.9 Å². The summed E-state index contributed by atoms with van der Waals surface area (Å²) in [5.41, 5.74) is 1.93. The van der Waals surface area contributed by atoms with Gasteiger partial charge < -0.3 is 15.4 Å². The van der Waals surface area contributed by atoms with Crippen LogP contribution in [0.15, 0.2) is 40.0 Å². The van der Waals surface area contributed by atoms with Gasteiger partial charge in [0, 0.05) is 10.2 Å². The molecule has 2 rings (SSSR count). The van der Waals surface area contributed by atoms with E-state index < -0.39 is 12.0 Å². The van der Waals surface area contributed by atoms with Crippen molar-refractivity contribution < 1.29 is 14.3 Å².